The van der Waals surface area contributed by atoms with E-state index in [0.717, 1.165) is 0 Å². The molecule has 0 saturated heterocycles. The minimum Gasteiger partial charge on any atom is -0.352 e. The van der Waals surface area contributed by atoms with Crippen LogP contribution in [0.15, 0.2) is 12.1 Å². The molecule has 0 saturated carbocycles. The van der Waals surface area contributed by atoms with Gasteiger partial charge >= 0.3 is 0 Å². The first-order valence-electron chi connectivity index (χ1n) is 5.99. The maximum atomic E-state index is 11.5. The highest BCUT2D eigenvalue weighted by Crippen LogP contribution is 2.15. The molecule has 3 heteroatoms. The van der Waals surface area contributed by atoms with Gasteiger partial charge < -0.3 is 11.1 Å². The third kappa shape index (κ3) is 4.19. The van der Waals surface area contributed by atoms with Gasteiger partial charge in [0.25, 0.3) is 0 Å². The molecular formula is C14H22N2O. The highest BCUT2D eigenvalue weighted by Gasteiger charge is 2.06. The summed E-state index contributed by atoms with van der Waals surface area (Å²) in [6, 6.07) is 4.20. The molecule has 0 heterocycles. The standard InChI is InChI=1S/C14H22N2O/c1-9-5-11(3)13(6-10(9)2)8-16-14(17)7-12(4)15/h5-6,12H,7-8,15H2,1-4H3,(H,16,17). The summed E-state index contributed by atoms with van der Waals surface area (Å²) < 4.78 is 0. The summed E-state index contributed by atoms with van der Waals surface area (Å²) in [6.07, 6.45) is 0.379. The normalized spacial score (nSPS) is 12.3. The Hall–Kier alpha value is -1.35. The summed E-state index contributed by atoms with van der Waals surface area (Å²) in [4.78, 5) is 11.5. The van der Waals surface area contributed by atoms with Crippen LogP contribution in [0, 0.1) is 20.8 Å². The number of carbonyl (C=O) groups excluding carboxylic acids is 1. The van der Waals surface area contributed by atoms with Gasteiger partial charge in [-0.15, -0.1) is 0 Å². The van der Waals surface area contributed by atoms with Gasteiger partial charge in [0.1, 0.15) is 0 Å². The van der Waals surface area contributed by atoms with E-state index in [1.54, 1.807) is 0 Å². The number of benzene rings is 1. The number of nitrogens with one attached hydrogen (secondary N) is 1. The molecule has 0 spiro atoms. The second-order valence-corrected chi connectivity index (χ2v) is 4.82. The van der Waals surface area contributed by atoms with E-state index in [9.17, 15) is 4.79 Å². The van der Waals surface area contributed by atoms with E-state index in [-0.39, 0.29) is 11.9 Å². The Bertz CT molecular complexity index is 411. The van der Waals surface area contributed by atoms with Crippen LogP contribution in [0.25, 0.3) is 0 Å². The summed E-state index contributed by atoms with van der Waals surface area (Å²) in [5.74, 6) is 0.0117. The zero-order valence-corrected chi connectivity index (χ0v) is 11.1. The fourth-order valence-electron chi connectivity index (χ4n) is 1.77. The van der Waals surface area contributed by atoms with Crippen molar-refractivity contribution in [2.24, 2.45) is 5.73 Å². The van der Waals surface area contributed by atoms with Crippen LogP contribution in [-0.2, 0) is 11.3 Å². The molecule has 1 aromatic carbocycles. The van der Waals surface area contributed by atoms with E-state index < -0.39 is 0 Å². The Labute approximate surface area is 103 Å². The topological polar surface area (TPSA) is 55.1 Å². The first-order chi connectivity index (χ1) is 7.90. The van der Waals surface area contributed by atoms with Crippen LogP contribution >= 0.6 is 0 Å². The van der Waals surface area contributed by atoms with Gasteiger partial charge in [-0.1, -0.05) is 12.1 Å². The van der Waals surface area contributed by atoms with E-state index in [4.69, 9.17) is 5.73 Å². The largest absolute Gasteiger partial charge is 0.352 e. The maximum absolute atomic E-state index is 11.5. The first-order valence-corrected chi connectivity index (χ1v) is 5.99. The molecule has 0 aliphatic carbocycles. The van der Waals surface area contributed by atoms with Crippen LogP contribution in [-0.4, -0.2) is 11.9 Å². The lowest BCUT2D eigenvalue weighted by Crippen LogP contribution is -2.29. The number of hydrogen-bond donors (Lipinski definition) is 2. The van der Waals surface area contributed by atoms with Gasteiger partial charge in [0.05, 0.1) is 0 Å². The lowest BCUT2D eigenvalue weighted by Gasteiger charge is -2.11. The van der Waals surface area contributed by atoms with Crippen molar-refractivity contribution in [1.82, 2.24) is 5.32 Å². The summed E-state index contributed by atoms with van der Waals surface area (Å²) in [5.41, 5.74) is 10.5. The van der Waals surface area contributed by atoms with Crippen molar-refractivity contribution >= 4 is 5.91 Å². The first kappa shape index (κ1) is 13.7. The smallest absolute Gasteiger partial charge is 0.221 e. The van der Waals surface area contributed by atoms with E-state index in [1.807, 2.05) is 6.92 Å². The molecule has 17 heavy (non-hydrogen) atoms. The highest BCUT2D eigenvalue weighted by atomic mass is 16.1. The average molecular weight is 234 g/mol. The van der Waals surface area contributed by atoms with Crippen molar-refractivity contribution in [2.75, 3.05) is 0 Å². The zero-order valence-electron chi connectivity index (χ0n) is 11.1. The van der Waals surface area contributed by atoms with Gasteiger partial charge in [-0.2, -0.15) is 0 Å². The van der Waals surface area contributed by atoms with Crippen molar-refractivity contribution in [3.05, 3.63) is 34.4 Å². The SMILES string of the molecule is Cc1cc(C)c(CNC(=O)CC(C)N)cc1C. The number of hydrogen-bond acceptors (Lipinski definition) is 2. The van der Waals surface area contributed by atoms with Gasteiger partial charge in [-0.3, -0.25) is 4.79 Å². The van der Waals surface area contributed by atoms with Crippen LogP contribution in [0.3, 0.4) is 0 Å². The fourth-order valence-corrected chi connectivity index (χ4v) is 1.77. The van der Waals surface area contributed by atoms with Gasteiger partial charge in [-0.05, 0) is 49.9 Å². The molecule has 0 aliphatic heterocycles. The summed E-state index contributed by atoms with van der Waals surface area (Å²) in [6.45, 7) is 8.67. The van der Waals surface area contributed by atoms with Crippen molar-refractivity contribution in [3.8, 4) is 0 Å². The third-order valence-electron chi connectivity index (χ3n) is 2.94. The van der Waals surface area contributed by atoms with Crippen molar-refractivity contribution in [1.29, 1.82) is 0 Å². The predicted octanol–water partition coefficient (Wildman–Crippen LogP) is 1.97. The number of aryl methyl sites for hydroxylation is 3. The molecule has 1 rings (SSSR count). The van der Waals surface area contributed by atoms with Crippen molar-refractivity contribution in [2.45, 2.75) is 46.7 Å². The quantitative estimate of drug-likeness (QED) is 0.836. The van der Waals surface area contributed by atoms with Crippen LogP contribution in [0.5, 0.6) is 0 Å². The third-order valence-corrected chi connectivity index (χ3v) is 2.94. The van der Waals surface area contributed by atoms with Crippen LogP contribution in [0.2, 0.25) is 0 Å². The van der Waals surface area contributed by atoms with Gasteiger partial charge in [0.15, 0.2) is 0 Å². The number of nitrogens with two attached hydrogens (primary N) is 1. The van der Waals surface area contributed by atoms with E-state index in [1.165, 1.54) is 22.3 Å². The second kappa shape index (κ2) is 5.82. The second-order valence-electron chi connectivity index (χ2n) is 4.82. The minimum absolute atomic E-state index is 0.0117. The monoisotopic (exact) mass is 234 g/mol. The predicted molar refractivity (Wildman–Crippen MR) is 70.8 cm³/mol. The average Bonchev–Trinajstić information content (AvgIpc) is 2.20. The van der Waals surface area contributed by atoms with Crippen molar-refractivity contribution in [3.63, 3.8) is 0 Å². The molecule has 0 fully saturated rings. The Morgan fingerprint density at radius 2 is 1.82 bits per heavy atom. The lowest BCUT2D eigenvalue weighted by molar-refractivity contribution is -0.121. The van der Waals surface area contributed by atoms with Crippen molar-refractivity contribution < 1.29 is 4.79 Å². The summed E-state index contributed by atoms with van der Waals surface area (Å²) in [5, 5.41) is 2.90. The van der Waals surface area contributed by atoms with Crippen LogP contribution < -0.4 is 11.1 Å². The molecular weight excluding hydrogens is 212 g/mol. The fraction of sp³-hybridized carbons (Fsp3) is 0.500. The van der Waals surface area contributed by atoms with Gasteiger partial charge in [-0.25, -0.2) is 0 Å². The molecule has 0 radical (unpaired) electrons. The lowest BCUT2D eigenvalue weighted by atomic mass is 10.0. The molecule has 3 N–H and O–H groups in total. The Balaban J connectivity index is 2.63. The molecule has 1 atom stereocenters. The number of carbonyl (C=O) groups is 1. The van der Waals surface area contributed by atoms with Gasteiger partial charge in [0.2, 0.25) is 5.91 Å². The summed E-state index contributed by atoms with van der Waals surface area (Å²) >= 11 is 0. The van der Waals surface area contributed by atoms with Crippen LogP contribution in [0.1, 0.15) is 35.6 Å². The van der Waals surface area contributed by atoms with E-state index in [2.05, 4.69) is 38.2 Å². The highest BCUT2D eigenvalue weighted by molar-refractivity contribution is 5.76. The molecule has 3 nitrogen and oxygen atoms in total. The summed E-state index contributed by atoms with van der Waals surface area (Å²) in [7, 11) is 0. The maximum Gasteiger partial charge on any atom is 0.221 e. The Morgan fingerprint density at radius 3 is 2.41 bits per heavy atom. The molecule has 1 aromatic rings. The number of rotatable bonds is 4. The van der Waals surface area contributed by atoms with E-state index in [0.29, 0.717) is 13.0 Å². The zero-order chi connectivity index (χ0) is 13.0. The van der Waals surface area contributed by atoms with E-state index >= 15 is 0 Å². The molecule has 0 bridgehead atoms. The molecule has 0 aliphatic rings. The Morgan fingerprint density at radius 1 is 1.24 bits per heavy atom. The number of amides is 1. The molecule has 94 valence electrons. The minimum atomic E-state index is -0.0872. The van der Waals surface area contributed by atoms with Gasteiger partial charge in [0, 0.05) is 19.0 Å². The molecule has 1 unspecified atom stereocenters. The van der Waals surface area contributed by atoms with Crippen LogP contribution in [0.4, 0.5) is 0 Å². The molecule has 1 amide bonds. The Kier molecular flexibility index (Phi) is 4.70. The molecule has 0 aromatic heterocycles.